The number of rotatable bonds is 3. The summed E-state index contributed by atoms with van der Waals surface area (Å²) in [6, 6.07) is 15.3. The molecule has 7 rings (SSSR count). The Bertz CT molecular complexity index is 1970. The molecular formula is C32H32N6O4S. The molecule has 3 aromatic heterocycles. The molecule has 2 aromatic carbocycles. The lowest BCUT2D eigenvalue weighted by Gasteiger charge is -2.26. The van der Waals surface area contributed by atoms with Crippen molar-refractivity contribution in [2.75, 3.05) is 25.0 Å². The van der Waals surface area contributed by atoms with Crippen LogP contribution in [0.5, 0.6) is 0 Å². The van der Waals surface area contributed by atoms with Crippen molar-refractivity contribution in [1.82, 2.24) is 23.6 Å². The van der Waals surface area contributed by atoms with Gasteiger partial charge in [-0.25, -0.2) is 18.0 Å². The first-order valence-electron chi connectivity index (χ1n) is 14.2. The van der Waals surface area contributed by atoms with Crippen LogP contribution in [0.2, 0.25) is 0 Å². The van der Waals surface area contributed by atoms with Crippen molar-refractivity contribution in [1.29, 1.82) is 0 Å². The predicted octanol–water partition coefficient (Wildman–Crippen LogP) is 5.02. The smallest absolute Gasteiger partial charge is 0.410 e. The fourth-order valence-corrected chi connectivity index (χ4v) is 7.54. The monoisotopic (exact) mass is 596 g/mol. The van der Waals surface area contributed by atoms with Crippen LogP contribution in [0.15, 0.2) is 72.0 Å². The van der Waals surface area contributed by atoms with E-state index in [4.69, 9.17) is 9.72 Å². The van der Waals surface area contributed by atoms with Gasteiger partial charge in [0.1, 0.15) is 5.60 Å². The molecule has 5 aromatic rings. The quantitative estimate of drug-likeness (QED) is 0.290. The molecule has 0 N–H and O–H groups in total. The van der Waals surface area contributed by atoms with Crippen LogP contribution >= 0.6 is 0 Å². The molecule has 10 nitrogen and oxygen atoms in total. The molecule has 1 saturated heterocycles. The van der Waals surface area contributed by atoms with Gasteiger partial charge in [0.05, 0.1) is 33.9 Å². The van der Waals surface area contributed by atoms with Crippen LogP contribution in [0, 0.1) is 0 Å². The number of ether oxygens (including phenoxy) is 1. The van der Waals surface area contributed by atoms with Gasteiger partial charge < -0.3 is 14.5 Å². The lowest BCUT2D eigenvalue weighted by molar-refractivity contribution is -0.122. The molecule has 2 unspecified atom stereocenters. The summed E-state index contributed by atoms with van der Waals surface area (Å²) in [5, 5.41) is 6.12. The number of likely N-dealkylation sites (N-methyl/N-ethyl adjacent to an activating group) is 1. The van der Waals surface area contributed by atoms with Crippen molar-refractivity contribution in [3.8, 4) is 11.1 Å². The van der Waals surface area contributed by atoms with Crippen molar-refractivity contribution in [3.63, 3.8) is 0 Å². The van der Waals surface area contributed by atoms with Gasteiger partial charge in [0, 0.05) is 55.3 Å². The first-order valence-corrected chi connectivity index (χ1v) is 15.3. The van der Waals surface area contributed by atoms with E-state index < -0.39 is 28.1 Å². The molecular weight excluding hydrogens is 564 g/mol. The van der Waals surface area contributed by atoms with Crippen LogP contribution in [-0.4, -0.2) is 65.6 Å². The highest BCUT2D eigenvalue weighted by molar-refractivity contribution is 7.83. The number of benzene rings is 2. The minimum Gasteiger partial charge on any atom is -0.444 e. The normalized spacial score (nSPS) is 19.1. The molecule has 0 aliphatic carbocycles. The Labute approximate surface area is 251 Å². The van der Waals surface area contributed by atoms with E-state index in [0.29, 0.717) is 29.2 Å². The summed E-state index contributed by atoms with van der Waals surface area (Å²) in [5.74, 6) is -0.0894. The third-order valence-corrected chi connectivity index (χ3v) is 9.73. The highest BCUT2D eigenvalue weighted by Gasteiger charge is 2.56. The third kappa shape index (κ3) is 4.16. The second-order valence-corrected chi connectivity index (χ2v) is 13.7. The number of fused-ring (bicyclic) bond motifs is 5. The SMILES string of the molecule is CN1C(=O)C2(CCN(C(=O)OC(C)(C)C)C2)c2c1cnc1c2c(-c2ccc3c(cnn3C)c2)cn1S(=O)c1ccccc1. The summed E-state index contributed by atoms with van der Waals surface area (Å²) >= 11 is 0. The minimum atomic E-state index is -1.60. The van der Waals surface area contributed by atoms with E-state index in [1.165, 1.54) is 0 Å². The molecule has 0 saturated carbocycles. The molecule has 2 amide bonds. The Balaban J connectivity index is 1.47. The number of pyridine rings is 1. The fraction of sp³-hybridized carbons (Fsp3) is 0.312. The number of hydrogen-bond acceptors (Lipinski definition) is 6. The van der Waals surface area contributed by atoms with E-state index in [0.717, 1.165) is 33.0 Å². The molecule has 43 heavy (non-hydrogen) atoms. The molecule has 2 aliphatic heterocycles. The molecule has 1 fully saturated rings. The van der Waals surface area contributed by atoms with E-state index >= 15 is 0 Å². The number of aryl methyl sites for hydroxylation is 1. The van der Waals surface area contributed by atoms with Gasteiger partial charge >= 0.3 is 6.09 Å². The average Bonchev–Trinajstić information content (AvgIpc) is 3.74. The van der Waals surface area contributed by atoms with Crippen LogP contribution in [0.25, 0.3) is 33.1 Å². The lowest BCUT2D eigenvalue weighted by Crippen LogP contribution is -2.43. The van der Waals surface area contributed by atoms with E-state index in [1.54, 1.807) is 27.0 Å². The zero-order valence-electron chi connectivity index (χ0n) is 24.7. The lowest BCUT2D eigenvalue weighted by atomic mass is 9.79. The number of nitrogens with zero attached hydrogens (tertiary/aromatic N) is 6. The number of aromatic nitrogens is 4. The molecule has 0 bridgehead atoms. The third-order valence-electron chi connectivity index (χ3n) is 8.42. The van der Waals surface area contributed by atoms with Gasteiger partial charge in [-0.2, -0.15) is 5.10 Å². The summed E-state index contributed by atoms with van der Waals surface area (Å²) in [5.41, 5.74) is 3.05. The van der Waals surface area contributed by atoms with Crippen molar-refractivity contribution in [3.05, 3.63) is 72.7 Å². The number of carbonyl (C=O) groups is 2. The van der Waals surface area contributed by atoms with Crippen LogP contribution in [-0.2, 0) is 33.0 Å². The first kappa shape index (κ1) is 27.3. The van der Waals surface area contributed by atoms with Gasteiger partial charge in [-0.15, -0.1) is 0 Å². The van der Waals surface area contributed by atoms with Crippen LogP contribution in [0.4, 0.5) is 10.5 Å². The zero-order valence-corrected chi connectivity index (χ0v) is 25.5. The Morgan fingerprint density at radius 2 is 1.84 bits per heavy atom. The van der Waals surface area contributed by atoms with Gasteiger partial charge in [0.2, 0.25) is 5.91 Å². The molecule has 1 spiro atoms. The Hall–Kier alpha value is -4.51. The predicted molar refractivity (Wildman–Crippen MR) is 165 cm³/mol. The van der Waals surface area contributed by atoms with Crippen molar-refractivity contribution in [2.24, 2.45) is 7.05 Å². The summed E-state index contributed by atoms with van der Waals surface area (Å²) in [6.45, 7) is 6.06. The van der Waals surface area contributed by atoms with Crippen LogP contribution < -0.4 is 4.90 Å². The Morgan fingerprint density at radius 1 is 1.07 bits per heavy atom. The van der Waals surface area contributed by atoms with Crippen molar-refractivity contribution < 1.29 is 18.5 Å². The number of carbonyl (C=O) groups excluding carboxylic acids is 2. The van der Waals surface area contributed by atoms with E-state index in [-0.39, 0.29) is 12.5 Å². The number of amides is 2. The van der Waals surface area contributed by atoms with Gasteiger partial charge in [-0.05, 0) is 57.0 Å². The van der Waals surface area contributed by atoms with Crippen LogP contribution in [0.1, 0.15) is 32.8 Å². The van der Waals surface area contributed by atoms with Gasteiger partial charge in [0.15, 0.2) is 16.6 Å². The summed E-state index contributed by atoms with van der Waals surface area (Å²) in [7, 11) is 2.05. The van der Waals surface area contributed by atoms with Gasteiger partial charge in [-0.1, -0.05) is 24.3 Å². The zero-order chi connectivity index (χ0) is 30.3. The molecule has 11 heteroatoms. The molecule has 2 aliphatic rings. The maximum Gasteiger partial charge on any atom is 0.410 e. The van der Waals surface area contributed by atoms with Crippen molar-refractivity contribution in [2.45, 2.75) is 43.1 Å². The maximum absolute atomic E-state index is 14.1. The van der Waals surface area contributed by atoms with Gasteiger partial charge in [-0.3, -0.25) is 9.48 Å². The summed E-state index contributed by atoms with van der Waals surface area (Å²) < 4.78 is 23.2. The largest absolute Gasteiger partial charge is 0.444 e. The Morgan fingerprint density at radius 3 is 2.58 bits per heavy atom. The minimum absolute atomic E-state index is 0.0894. The van der Waals surface area contributed by atoms with Gasteiger partial charge in [0.25, 0.3) is 0 Å². The summed E-state index contributed by atoms with van der Waals surface area (Å²) in [6.07, 6.45) is 5.37. The number of hydrogen-bond donors (Lipinski definition) is 0. The topological polar surface area (TPSA) is 103 Å². The molecule has 220 valence electrons. The second kappa shape index (κ2) is 9.50. The van der Waals surface area contributed by atoms with Crippen molar-refractivity contribution >= 4 is 50.6 Å². The highest BCUT2D eigenvalue weighted by Crippen LogP contribution is 2.52. The molecule has 0 radical (unpaired) electrons. The van der Waals surface area contributed by atoms with E-state index in [1.807, 2.05) is 87.4 Å². The highest BCUT2D eigenvalue weighted by atomic mass is 32.2. The first-order chi connectivity index (χ1) is 20.5. The summed E-state index contributed by atoms with van der Waals surface area (Å²) in [4.78, 5) is 36.0. The molecule has 5 heterocycles. The standard InChI is InChI=1S/C32H32N6O4S/c1-31(2,3)42-30(40)37-14-13-32(19-37)27-25(35(4)29(32)39)17-33-28-26(27)23(18-38(28)43(41)22-9-7-6-8-10-22)20-11-12-24-21(15-20)16-34-36(24)5/h6-12,15-18H,13-14,19H2,1-5H3. The average molecular weight is 597 g/mol. The second-order valence-electron chi connectivity index (χ2n) is 12.3. The maximum atomic E-state index is 14.1. The number of anilines is 1. The number of likely N-dealkylation sites (tertiary alicyclic amines) is 1. The van der Waals surface area contributed by atoms with Crippen LogP contribution in [0.3, 0.4) is 0 Å². The van der Waals surface area contributed by atoms with E-state index in [2.05, 4.69) is 11.2 Å². The fourth-order valence-electron chi connectivity index (χ4n) is 6.43. The van der Waals surface area contributed by atoms with E-state index in [9.17, 15) is 13.8 Å². The Kier molecular flexibility index (Phi) is 6.04. The molecule has 2 atom stereocenters.